The second-order valence-electron chi connectivity index (χ2n) is 8.14. The third-order valence-corrected chi connectivity index (χ3v) is 5.89. The van der Waals surface area contributed by atoms with E-state index in [9.17, 15) is 9.90 Å². The highest BCUT2D eigenvalue weighted by Crippen LogP contribution is 2.31. The van der Waals surface area contributed by atoms with E-state index in [0.717, 1.165) is 69.0 Å². The first-order valence-corrected chi connectivity index (χ1v) is 10.7. The summed E-state index contributed by atoms with van der Waals surface area (Å²) in [4.78, 5) is 16.9. The lowest BCUT2D eigenvalue weighted by Gasteiger charge is -2.27. The van der Waals surface area contributed by atoms with Gasteiger partial charge < -0.3 is 25.8 Å². The number of guanidine groups is 1. The van der Waals surface area contributed by atoms with Crippen molar-refractivity contribution in [1.29, 1.82) is 0 Å². The van der Waals surface area contributed by atoms with Crippen molar-refractivity contribution in [3.05, 3.63) is 29.8 Å². The quantitative estimate of drug-likeness (QED) is 0.375. The van der Waals surface area contributed by atoms with Gasteiger partial charge in [0.05, 0.1) is 13.2 Å². The van der Waals surface area contributed by atoms with Gasteiger partial charge in [-0.25, -0.2) is 4.99 Å². The smallest absolute Gasteiger partial charge is 0.227 e. The van der Waals surface area contributed by atoms with Gasteiger partial charge in [0.1, 0.15) is 0 Å². The van der Waals surface area contributed by atoms with Crippen molar-refractivity contribution in [1.82, 2.24) is 10.6 Å². The van der Waals surface area contributed by atoms with Crippen LogP contribution in [0.25, 0.3) is 0 Å². The van der Waals surface area contributed by atoms with E-state index < -0.39 is 0 Å². The number of aliphatic imine (C=N–C) groups is 1. The number of benzene rings is 1. The number of carbonyl (C=O) groups excluding carboxylic acids is 1. The molecule has 1 aliphatic heterocycles. The number of rotatable bonds is 9. The van der Waals surface area contributed by atoms with Crippen molar-refractivity contribution in [2.24, 2.45) is 16.3 Å². The van der Waals surface area contributed by atoms with Crippen LogP contribution in [0.5, 0.6) is 0 Å². The van der Waals surface area contributed by atoms with Gasteiger partial charge in [0.25, 0.3) is 0 Å². The fraction of sp³-hybridized carbons (Fsp3) is 0.636. The summed E-state index contributed by atoms with van der Waals surface area (Å²) in [6.45, 7) is 5.63. The minimum Gasteiger partial charge on any atom is -0.396 e. The van der Waals surface area contributed by atoms with Gasteiger partial charge in [-0.2, -0.15) is 0 Å². The van der Waals surface area contributed by atoms with Gasteiger partial charge in [0.15, 0.2) is 5.96 Å². The number of nitrogens with one attached hydrogen (secondary N) is 3. The zero-order valence-electron chi connectivity index (χ0n) is 17.4. The van der Waals surface area contributed by atoms with E-state index in [1.165, 1.54) is 0 Å². The summed E-state index contributed by atoms with van der Waals surface area (Å²) in [6, 6.07) is 7.88. The van der Waals surface area contributed by atoms with Crippen LogP contribution in [0.3, 0.4) is 0 Å². The van der Waals surface area contributed by atoms with Crippen molar-refractivity contribution < 1.29 is 14.6 Å². The number of amides is 1. The maximum absolute atomic E-state index is 12.2. The van der Waals surface area contributed by atoms with Gasteiger partial charge in [0, 0.05) is 43.3 Å². The minimum atomic E-state index is -0.0311. The maximum Gasteiger partial charge on any atom is 0.227 e. The standard InChI is InChI=1S/C22H34N4O3/c1-2-23-21(25-15-22(9-11-27)10-12-29-16-22)24-14-17-5-3-8-19(13-17)26-20(28)18-6-4-7-18/h3,5,8,13,18,27H,2,4,6-7,9-12,14-16H2,1H3,(H,26,28)(H2,23,24,25). The summed E-state index contributed by atoms with van der Waals surface area (Å²) >= 11 is 0. The molecule has 0 bridgehead atoms. The van der Waals surface area contributed by atoms with Gasteiger partial charge in [-0.05, 0) is 50.3 Å². The first-order valence-electron chi connectivity index (χ1n) is 10.7. The van der Waals surface area contributed by atoms with E-state index in [4.69, 9.17) is 9.73 Å². The third-order valence-electron chi connectivity index (χ3n) is 5.89. The number of nitrogens with zero attached hydrogens (tertiary/aromatic N) is 1. The van der Waals surface area contributed by atoms with Crippen LogP contribution >= 0.6 is 0 Å². The monoisotopic (exact) mass is 402 g/mol. The van der Waals surface area contributed by atoms with E-state index >= 15 is 0 Å². The molecule has 1 unspecified atom stereocenters. The number of carbonyl (C=O) groups is 1. The third kappa shape index (κ3) is 6.18. The van der Waals surface area contributed by atoms with Crippen molar-refractivity contribution in [2.45, 2.75) is 45.6 Å². The number of anilines is 1. The number of aliphatic hydroxyl groups is 1. The summed E-state index contributed by atoms with van der Waals surface area (Å²) in [5.41, 5.74) is 1.84. The van der Waals surface area contributed by atoms with Crippen LogP contribution in [-0.2, 0) is 16.1 Å². The Labute approximate surface area is 173 Å². The van der Waals surface area contributed by atoms with Gasteiger partial charge >= 0.3 is 0 Å². The molecule has 2 aliphatic rings. The molecule has 29 heavy (non-hydrogen) atoms. The highest BCUT2D eigenvalue weighted by atomic mass is 16.5. The summed E-state index contributed by atoms with van der Waals surface area (Å²) in [5.74, 6) is 1.05. The molecule has 1 saturated heterocycles. The molecular formula is C22H34N4O3. The Morgan fingerprint density at radius 3 is 2.86 bits per heavy atom. The number of ether oxygens (including phenoxy) is 1. The zero-order chi connectivity index (χ0) is 20.5. The summed E-state index contributed by atoms with van der Waals surface area (Å²) in [7, 11) is 0. The molecule has 1 saturated carbocycles. The first kappa shape index (κ1) is 21.6. The van der Waals surface area contributed by atoms with Crippen molar-refractivity contribution in [3.8, 4) is 0 Å². The van der Waals surface area contributed by atoms with Crippen molar-refractivity contribution in [3.63, 3.8) is 0 Å². The molecule has 2 fully saturated rings. The minimum absolute atomic E-state index is 0.0311. The average Bonchev–Trinajstić information content (AvgIpc) is 3.12. The largest absolute Gasteiger partial charge is 0.396 e. The van der Waals surface area contributed by atoms with Crippen LogP contribution in [-0.4, -0.2) is 49.9 Å². The molecule has 160 valence electrons. The van der Waals surface area contributed by atoms with Crippen LogP contribution in [0, 0.1) is 11.3 Å². The van der Waals surface area contributed by atoms with Crippen LogP contribution in [0.4, 0.5) is 5.69 Å². The number of aliphatic hydroxyl groups excluding tert-OH is 1. The van der Waals surface area contributed by atoms with Crippen LogP contribution in [0.2, 0.25) is 0 Å². The lowest BCUT2D eigenvalue weighted by atomic mass is 9.84. The molecule has 0 spiro atoms. The normalized spacial score (nSPS) is 22.2. The van der Waals surface area contributed by atoms with E-state index in [-0.39, 0.29) is 23.8 Å². The lowest BCUT2D eigenvalue weighted by molar-refractivity contribution is -0.122. The molecule has 1 aliphatic carbocycles. The molecule has 0 radical (unpaired) electrons. The van der Waals surface area contributed by atoms with Crippen LogP contribution in [0.1, 0.15) is 44.6 Å². The first-order chi connectivity index (χ1) is 14.1. The van der Waals surface area contributed by atoms with E-state index in [2.05, 4.69) is 16.0 Å². The van der Waals surface area contributed by atoms with E-state index in [1.807, 2.05) is 31.2 Å². The average molecular weight is 403 g/mol. The zero-order valence-corrected chi connectivity index (χ0v) is 17.4. The Hall–Kier alpha value is -2.12. The van der Waals surface area contributed by atoms with Gasteiger partial charge in [-0.3, -0.25) is 4.79 Å². The predicted molar refractivity (Wildman–Crippen MR) is 115 cm³/mol. The Kier molecular flexibility index (Phi) is 7.89. The molecule has 1 aromatic carbocycles. The summed E-state index contributed by atoms with van der Waals surface area (Å²) in [5, 5.41) is 19.1. The van der Waals surface area contributed by atoms with Gasteiger partial charge in [-0.15, -0.1) is 0 Å². The Balaban J connectivity index is 1.57. The molecule has 1 amide bonds. The van der Waals surface area contributed by atoms with E-state index in [0.29, 0.717) is 13.2 Å². The Bertz CT molecular complexity index is 697. The van der Waals surface area contributed by atoms with Crippen LogP contribution in [0.15, 0.2) is 29.3 Å². The Morgan fingerprint density at radius 2 is 2.21 bits per heavy atom. The molecule has 4 N–H and O–H groups in total. The number of hydrogen-bond donors (Lipinski definition) is 4. The van der Waals surface area contributed by atoms with Gasteiger partial charge in [0.2, 0.25) is 5.91 Å². The fourth-order valence-electron chi connectivity index (χ4n) is 3.76. The van der Waals surface area contributed by atoms with Gasteiger partial charge in [-0.1, -0.05) is 18.6 Å². The summed E-state index contributed by atoms with van der Waals surface area (Å²) < 4.78 is 5.56. The van der Waals surface area contributed by atoms with E-state index in [1.54, 1.807) is 0 Å². The van der Waals surface area contributed by atoms with Crippen LogP contribution < -0.4 is 16.0 Å². The molecule has 7 nitrogen and oxygen atoms in total. The topological polar surface area (TPSA) is 95.0 Å². The second kappa shape index (κ2) is 10.6. The maximum atomic E-state index is 12.2. The molecule has 1 aromatic rings. The fourth-order valence-corrected chi connectivity index (χ4v) is 3.76. The SMILES string of the molecule is CCNC(=NCc1cccc(NC(=O)C2CCC2)c1)NCC1(CCO)CCOC1. The molecule has 3 rings (SSSR count). The molecule has 1 atom stereocenters. The lowest BCUT2D eigenvalue weighted by Crippen LogP contribution is -2.44. The van der Waals surface area contributed by atoms with Crippen molar-refractivity contribution >= 4 is 17.6 Å². The summed E-state index contributed by atoms with van der Waals surface area (Å²) in [6.07, 6.45) is 4.82. The molecular weight excluding hydrogens is 368 g/mol. The Morgan fingerprint density at radius 1 is 1.34 bits per heavy atom. The second-order valence-corrected chi connectivity index (χ2v) is 8.14. The van der Waals surface area contributed by atoms with Crippen molar-refractivity contribution in [2.75, 3.05) is 38.2 Å². The number of hydrogen-bond acceptors (Lipinski definition) is 4. The molecule has 1 heterocycles. The molecule has 7 heteroatoms. The highest BCUT2D eigenvalue weighted by molar-refractivity contribution is 5.93. The predicted octanol–water partition coefficient (Wildman–Crippen LogP) is 2.27. The molecule has 0 aromatic heterocycles. The highest BCUT2D eigenvalue weighted by Gasteiger charge is 2.34.